The zero-order chi connectivity index (χ0) is 13.8. The van der Waals surface area contributed by atoms with E-state index < -0.39 is 12.7 Å². The number of aldehydes is 1. The first-order valence-electron chi connectivity index (χ1n) is 5.23. The van der Waals surface area contributed by atoms with E-state index in [1.54, 1.807) is 12.1 Å². The Bertz CT molecular complexity index is 418. The average Bonchev–Trinajstić information content (AvgIpc) is 2.26. The lowest BCUT2D eigenvalue weighted by molar-refractivity contribution is -0.144. The van der Waals surface area contributed by atoms with Gasteiger partial charge in [-0.25, -0.2) is 0 Å². The van der Waals surface area contributed by atoms with Crippen molar-refractivity contribution in [1.29, 1.82) is 0 Å². The van der Waals surface area contributed by atoms with E-state index in [0.29, 0.717) is 23.2 Å². The van der Waals surface area contributed by atoms with Crippen molar-refractivity contribution in [2.75, 3.05) is 20.7 Å². The SMILES string of the molecule is COc1ccc(C=O)cc1CN(C)CC(F)(F)F. The summed E-state index contributed by atoms with van der Waals surface area (Å²) in [5.41, 5.74) is 0.958. The van der Waals surface area contributed by atoms with Crippen LogP contribution in [0.2, 0.25) is 0 Å². The van der Waals surface area contributed by atoms with Gasteiger partial charge in [0.2, 0.25) is 0 Å². The second-order valence-electron chi connectivity index (χ2n) is 3.98. The summed E-state index contributed by atoms with van der Waals surface area (Å²) in [6, 6.07) is 4.65. The summed E-state index contributed by atoms with van der Waals surface area (Å²) in [6.45, 7) is -0.953. The van der Waals surface area contributed by atoms with Gasteiger partial charge in [-0.1, -0.05) is 0 Å². The first-order valence-corrected chi connectivity index (χ1v) is 5.23. The van der Waals surface area contributed by atoms with E-state index >= 15 is 0 Å². The molecular weight excluding hydrogens is 247 g/mol. The highest BCUT2D eigenvalue weighted by molar-refractivity contribution is 5.75. The Morgan fingerprint density at radius 3 is 2.56 bits per heavy atom. The normalized spacial score (nSPS) is 11.7. The van der Waals surface area contributed by atoms with Crippen molar-refractivity contribution in [1.82, 2.24) is 4.90 Å². The smallest absolute Gasteiger partial charge is 0.401 e. The third-order valence-electron chi connectivity index (χ3n) is 2.33. The van der Waals surface area contributed by atoms with Gasteiger partial charge in [0.15, 0.2) is 0 Å². The van der Waals surface area contributed by atoms with Crippen molar-refractivity contribution < 1.29 is 22.7 Å². The van der Waals surface area contributed by atoms with Gasteiger partial charge in [-0.15, -0.1) is 0 Å². The first-order chi connectivity index (χ1) is 8.35. The number of hydrogen-bond acceptors (Lipinski definition) is 3. The fourth-order valence-electron chi connectivity index (χ4n) is 1.65. The molecule has 6 heteroatoms. The minimum Gasteiger partial charge on any atom is -0.496 e. The molecule has 1 rings (SSSR count). The Morgan fingerprint density at radius 1 is 1.39 bits per heavy atom. The molecule has 0 bridgehead atoms. The fraction of sp³-hybridized carbons (Fsp3) is 0.417. The number of rotatable bonds is 5. The van der Waals surface area contributed by atoms with E-state index in [9.17, 15) is 18.0 Å². The Balaban J connectivity index is 2.84. The maximum Gasteiger partial charge on any atom is 0.401 e. The van der Waals surface area contributed by atoms with E-state index in [-0.39, 0.29) is 6.54 Å². The minimum atomic E-state index is -4.25. The van der Waals surface area contributed by atoms with Crippen molar-refractivity contribution in [2.45, 2.75) is 12.7 Å². The number of hydrogen-bond donors (Lipinski definition) is 0. The van der Waals surface area contributed by atoms with Crippen LogP contribution in [-0.2, 0) is 6.54 Å². The summed E-state index contributed by atoms with van der Waals surface area (Å²) in [5, 5.41) is 0. The van der Waals surface area contributed by atoms with Crippen LogP contribution in [0.3, 0.4) is 0 Å². The molecule has 1 aromatic carbocycles. The molecule has 0 aromatic heterocycles. The predicted molar refractivity (Wildman–Crippen MR) is 60.8 cm³/mol. The Kier molecular flexibility index (Phi) is 4.72. The van der Waals surface area contributed by atoms with Crippen LogP contribution < -0.4 is 4.74 Å². The van der Waals surface area contributed by atoms with Crippen LogP contribution in [0.4, 0.5) is 13.2 Å². The molecule has 0 heterocycles. The van der Waals surface area contributed by atoms with Gasteiger partial charge >= 0.3 is 6.18 Å². The highest BCUT2D eigenvalue weighted by atomic mass is 19.4. The maximum atomic E-state index is 12.2. The number of benzene rings is 1. The van der Waals surface area contributed by atoms with Crippen molar-refractivity contribution in [3.05, 3.63) is 29.3 Å². The first kappa shape index (κ1) is 14.5. The topological polar surface area (TPSA) is 29.5 Å². The molecule has 0 atom stereocenters. The van der Waals surface area contributed by atoms with Crippen molar-refractivity contribution >= 4 is 6.29 Å². The van der Waals surface area contributed by atoms with Crippen molar-refractivity contribution in [2.24, 2.45) is 0 Å². The van der Waals surface area contributed by atoms with Crippen molar-refractivity contribution in [3.8, 4) is 5.75 Å². The van der Waals surface area contributed by atoms with Crippen LogP contribution in [0.1, 0.15) is 15.9 Å². The average molecular weight is 261 g/mol. The molecule has 0 aliphatic heterocycles. The Hall–Kier alpha value is -1.56. The Morgan fingerprint density at radius 2 is 2.06 bits per heavy atom. The summed E-state index contributed by atoms with van der Waals surface area (Å²) in [6.07, 6.45) is -3.60. The molecule has 0 unspecified atom stereocenters. The standard InChI is InChI=1S/C12H14F3NO2/c1-16(8-12(13,14)15)6-10-5-9(7-17)3-4-11(10)18-2/h3-5,7H,6,8H2,1-2H3. The summed E-state index contributed by atoms with van der Waals surface area (Å²) < 4.78 is 41.7. The zero-order valence-electron chi connectivity index (χ0n) is 10.1. The molecule has 100 valence electrons. The van der Waals surface area contributed by atoms with Gasteiger partial charge < -0.3 is 4.74 Å². The number of carbonyl (C=O) groups is 1. The number of ether oxygens (including phenoxy) is 1. The van der Waals surface area contributed by atoms with E-state index in [2.05, 4.69) is 0 Å². The van der Waals surface area contributed by atoms with Gasteiger partial charge in [0.25, 0.3) is 0 Å². The molecule has 0 amide bonds. The largest absolute Gasteiger partial charge is 0.496 e. The van der Waals surface area contributed by atoms with E-state index in [0.717, 1.165) is 4.90 Å². The van der Waals surface area contributed by atoms with Gasteiger partial charge in [0.1, 0.15) is 12.0 Å². The molecular formula is C12H14F3NO2. The third-order valence-corrected chi connectivity index (χ3v) is 2.33. The Labute approximate surface area is 103 Å². The molecule has 18 heavy (non-hydrogen) atoms. The molecule has 0 saturated heterocycles. The van der Waals surface area contributed by atoms with Crippen LogP contribution in [0.5, 0.6) is 5.75 Å². The summed E-state index contributed by atoms with van der Waals surface area (Å²) >= 11 is 0. The van der Waals surface area contributed by atoms with Crippen molar-refractivity contribution in [3.63, 3.8) is 0 Å². The number of alkyl halides is 3. The van der Waals surface area contributed by atoms with Gasteiger partial charge in [0, 0.05) is 17.7 Å². The highest BCUT2D eigenvalue weighted by Crippen LogP contribution is 2.22. The molecule has 0 aliphatic carbocycles. The lowest BCUT2D eigenvalue weighted by Gasteiger charge is -2.20. The number of carbonyl (C=O) groups excluding carboxylic acids is 1. The van der Waals surface area contributed by atoms with E-state index in [1.165, 1.54) is 20.2 Å². The van der Waals surface area contributed by atoms with Gasteiger partial charge in [-0.2, -0.15) is 13.2 Å². The van der Waals surface area contributed by atoms with Crippen LogP contribution in [0, 0.1) is 0 Å². The number of nitrogens with zero attached hydrogens (tertiary/aromatic N) is 1. The highest BCUT2D eigenvalue weighted by Gasteiger charge is 2.29. The lowest BCUT2D eigenvalue weighted by atomic mass is 10.1. The molecule has 3 nitrogen and oxygen atoms in total. The van der Waals surface area contributed by atoms with E-state index in [4.69, 9.17) is 4.74 Å². The second-order valence-corrected chi connectivity index (χ2v) is 3.98. The quantitative estimate of drug-likeness (QED) is 0.763. The molecule has 0 aliphatic rings. The summed E-state index contributed by atoms with van der Waals surface area (Å²) in [7, 11) is 2.80. The van der Waals surface area contributed by atoms with Gasteiger partial charge in [-0.05, 0) is 25.2 Å². The lowest BCUT2D eigenvalue weighted by Crippen LogP contribution is -2.30. The zero-order valence-corrected chi connectivity index (χ0v) is 10.1. The molecule has 0 fully saturated rings. The maximum absolute atomic E-state index is 12.2. The summed E-state index contributed by atoms with van der Waals surface area (Å²) in [4.78, 5) is 11.8. The van der Waals surface area contributed by atoms with Crippen LogP contribution in [0.25, 0.3) is 0 Å². The van der Waals surface area contributed by atoms with Crippen LogP contribution in [0.15, 0.2) is 18.2 Å². The third kappa shape index (κ3) is 4.37. The molecule has 0 spiro atoms. The van der Waals surface area contributed by atoms with Crippen LogP contribution in [-0.4, -0.2) is 38.1 Å². The van der Waals surface area contributed by atoms with Crippen LogP contribution >= 0.6 is 0 Å². The van der Waals surface area contributed by atoms with Gasteiger partial charge in [-0.3, -0.25) is 9.69 Å². The second kappa shape index (κ2) is 5.86. The predicted octanol–water partition coefficient (Wildman–Crippen LogP) is 2.50. The number of methoxy groups -OCH3 is 1. The van der Waals surface area contributed by atoms with E-state index in [1.807, 2.05) is 0 Å². The molecule has 1 aromatic rings. The molecule has 0 N–H and O–H groups in total. The molecule has 0 radical (unpaired) electrons. The minimum absolute atomic E-state index is 0.0599. The summed E-state index contributed by atoms with van der Waals surface area (Å²) in [5.74, 6) is 0.467. The molecule has 0 saturated carbocycles. The fourth-order valence-corrected chi connectivity index (χ4v) is 1.65. The van der Waals surface area contributed by atoms with Gasteiger partial charge in [0.05, 0.1) is 13.7 Å². The monoisotopic (exact) mass is 261 g/mol. The number of halogens is 3.